The average molecular weight is 616 g/mol. The van der Waals surface area contributed by atoms with Crippen molar-refractivity contribution in [1.82, 2.24) is 9.97 Å². The van der Waals surface area contributed by atoms with Crippen molar-refractivity contribution in [2.24, 2.45) is 0 Å². The molecule has 0 atom stereocenters. The van der Waals surface area contributed by atoms with Crippen LogP contribution in [-0.4, -0.2) is 46.0 Å². The molecular formula is C20H6F18N2. The fourth-order valence-corrected chi connectivity index (χ4v) is 3.25. The molecule has 222 valence electrons. The largest absolute Gasteiger partial charge is 0.460 e. The Bertz CT molecular complexity index is 1330. The van der Waals surface area contributed by atoms with E-state index in [1.807, 2.05) is 0 Å². The second-order valence-electron chi connectivity index (χ2n) is 8.10. The van der Waals surface area contributed by atoms with Gasteiger partial charge in [0.15, 0.2) is 0 Å². The molecule has 2 heterocycles. The van der Waals surface area contributed by atoms with Crippen LogP contribution in [0.3, 0.4) is 0 Å². The Kier molecular flexibility index (Phi) is 6.76. The quantitative estimate of drug-likeness (QED) is 0.205. The first kappa shape index (κ1) is 31.3. The summed E-state index contributed by atoms with van der Waals surface area (Å²) in [6, 6.07) is 0.863. The van der Waals surface area contributed by atoms with Crippen molar-refractivity contribution in [2.75, 3.05) is 0 Å². The van der Waals surface area contributed by atoms with Crippen LogP contribution in [-0.2, 0) is 11.8 Å². The summed E-state index contributed by atoms with van der Waals surface area (Å²) < 4.78 is 238. The molecule has 3 rings (SSSR count). The van der Waals surface area contributed by atoms with E-state index in [9.17, 15) is 79.0 Å². The first-order valence-electron chi connectivity index (χ1n) is 9.76. The van der Waals surface area contributed by atoms with Crippen LogP contribution in [0.25, 0.3) is 21.8 Å². The van der Waals surface area contributed by atoms with E-state index in [4.69, 9.17) is 0 Å². The fraction of sp³-hybridized carbons (Fsp3) is 0.400. The molecule has 0 fully saturated rings. The minimum absolute atomic E-state index is 0.0651. The molecule has 0 aliphatic carbocycles. The highest BCUT2D eigenvalue weighted by Crippen LogP contribution is 2.58. The van der Waals surface area contributed by atoms with E-state index in [0.29, 0.717) is 12.1 Å². The Labute approximate surface area is 207 Å². The summed E-state index contributed by atoms with van der Waals surface area (Å²) in [7, 11) is 0. The molecule has 0 saturated heterocycles. The number of benzene rings is 1. The number of halogens is 18. The van der Waals surface area contributed by atoms with Gasteiger partial charge in [0.1, 0.15) is 0 Å². The van der Waals surface area contributed by atoms with Crippen molar-refractivity contribution < 1.29 is 79.0 Å². The lowest BCUT2D eigenvalue weighted by Crippen LogP contribution is -2.59. The molecule has 1 aromatic carbocycles. The van der Waals surface area contributed by atoms with Gasteiger partial charge in [-0.05, 0) is 12.1 Å². The van der Waals surface area contributed by atoms with E-state index < -0.39 is 80.8 Å². The molecule has 0 spiro atoms. The first-order valence-corrected chi connectivity index (χ1v) is 9.76. The van der Waals surface area contributed by atoms with Crippen LogP contribution in [0.2, 0.25) is 0 Å². The zero-order chi connectivity index (χ0) is 31.1. The lowest BCUT2D eigenvalue weighted by atomic mass is 9.95. The topological polar surface area (TPSA) is 25.8 Å². The van der Waals surface area contributed by atoms with Crippen LogP contribution in [0.4, 0.5) is 79.0 Å². The van der Waals surface area contributed by atoms with Gasteiger partial charge < -0.3 is 0 Å². The van der Waals surface area contributed by atoms with Gasteiger partial charge in [0, 0.05) is 34.3 Å². The third kappa shape index (κ3) is 4.15. The van der Waals surface area contributed by atoms with Gasteiger partial charge in [-0.25, -0.2) is 0 Å². The van der Waals surface area contributed by atoms with E-state index in [1.54, 1.807) is 0 Å². The van der Waals surface area contributed by atoms with Crippen molar-refractivity contribution in [2.45, 2.75) is 47.9 Å². The van der Waals surface area contributed by atoms with Crippen molar-refractivity contribution in [3.05, 3.63) is 47.8 Å². The molecular weight excluding hydrogens is 610 g/mol. The molecule has 2 nitrogen and oxygen atoms in total. The van der Waals surface area contributed by atoms with Crippen LogP contribution >= 0.6 is 0 Å². The van der Waals surface area contributed by atoms with Gasteiger partial charge in [-0.3, -0.25) is 9.97 Å². The summed E-state index contributed by atoms with van der Waals surface area (Å²) in [6.07, 6.45) is -14.9. The van der Waals surface area contributed by atoms with Crippen LogP contribution in [0, 0.1) is 0 Å². The van der Waals surface area contributed by atoms with E-state index in [2.05, 4.69) is 9.97 Å². The number of pyridine rings is 2. The van der Waals surface area contributed by atoms with Crippen molar-refractivity contribution >= 4 is 21.8 Å². The van der Waals surface area contributed by atoms with Crippen molar-refractivity contribution in [3.63, 3.8) is 0 Å². The molecule has 40 heavy (non-hydrogen) atoms. The Balaban J connectivity index is 2.13. The lowest BCUT2D eigenvalue weighted by Gasteiger charge is -2.33. The highest BCUT2D eigenvalue weighted by molar-refractivity contribution is 6.02. The standard InChI is InChI=1S/C20H6F18N2/c21-13(22,15(25,26)17(29,30)19(33,34)35)9-3-7-1-2-8-4-10(6-40-12(8)11(7)39-5-9)14(23,24)16(27,28)18(31,32)20(36,37)38/h1-6H. The maximum Gasteiger partial charge on any atom is 0.460 e. The third-order valence-electron chi connectivity index (χ3n) is 5.52. The van der Waals surface area contributed by atoms with Crippen molar-refractivity contribution in [1.29, 1.82) is 0 Å². The predicted molar refractivity (Wildman–Crippen MR) is 96.7 cm³/mol. The number of fused-ring (bicyclic) bond motifs is 3. The highest BCUT2D eigenvalue weighted by atomic mass is 19.4. The Hall–Kier alpha value is -3.22. The average Bonchev–Trinajstić information content (AvgIpc) is 2.81. The molecule has 20 heteroatoms. The molecule has 0 radical (unpaired) electrons. The lowest BCUT2D eigenvalue weighted by molar-refractivity contribution is -0.399. The Morgan fingerprint density at radius 2 is 0.675 bits per heavy atom. The summed E-state index contributed by atoms with van der Waals surface area (Å²) in [5.74, 6) is -41.1. The van der Waals surface area contributed by atoms with Crippen LogP contribution in [0.1, 0.15) is 11.1 Å². The second kappa shape index (κ2) is 8.64. The van der Waals surface area contributed by atoms with Gasteiger partial charge in [-0.2, -0.15) is 79.0 Å². The molecule has 3 aromatic rings. The number of nitrogens with zero attached hydrogens (tertiary/aromatic N) is 2. The zero-order valence-electron chi connectivity index (χ0n) is 18.2. The summed E-state index contributed by atoms with van der Waals surface area (Å²) in [5.41, 5.74) is -5.90. The van der Waals surface area contributed by atoms with Crippen LogP contribution in [0.5, 0.6) is 0 Å². The van der Waals surface area contributed by atoms with Crippen LogP contribution < -0.4 is 0 Å². The van der Waals surface area contributed by atoms with Crippen LogP contribution in [0.15, 0.2) is 36.7 Å². The van der Waals surface area contributed by atoms with Gasteiger partial charge in [0.25, 0.3) is 0 Å². The molecule has 2 aromatic heterocycles. The minimum atomic E-state index is -7.24. The summed E-state index contributed by atoms with van der Waals surface area (Å²) in [5, 5.41) is -1.56. The summed E-state index contributed by atoms with van der Waals surface area (Å²) in [6.45, 7) is 0. The van der Waals surface area contributed by atoms with E-state index in [-0.39, 0.29) is 24.5 Å². The molecule has 0 amide bonds. The van der Waals surface area contributed by atoms with Gasteiger partial charge in [0.2, 0.25) is 0 Å². The monoisotopic (exact) mass is 616 g/mol. The van der Waals surface area contributed by atoms with Gasteiger partial charge in [0.05, 0.1) is 11.0 Å². The van der Waals surface area contributed by atoms with Gasteiger partial charge in [-0.1, -0.05) is 12.1 Å². The molecule has 0 bridgehead atoms. The summed E-state index contributed by atoms with van der Waals surface area (Å²) in [4.78, 5) is 6.28. The first-order chi connectivity index (χ1) is 17.7. The normalized spacial score (nSPS) is 15.2. The summed E-state index contributed by atoms with van der Waals surface area (Å²) >= 11 is 0. The number of hydrogen-bond donors (Lipinski definition) is 0. The molecule has 0 unspecified atom stereocenters. The zero-order valence-corrected chi connectivity index (χ0v) is 18.2. The smallest absolute Gasteiger partial charge is 0.253 e. The number of alkyl halides is 18. The molecule has 0 aliphatic heterocycles. The molecule has 0 N–H and O–H groups in total. The van der Waals surface area contributed by atoms with Gasteiger partial charge >= 0.3 is 47.9 Å². The highest BCUT2D eigenvalue weighted by Gasteiger charge is 2.83. The second-order valence-corrected chi connectivity index (χ2v) is 8.10. The molecule has 0 aliphatic rings. The number of hydrogen-bond acceptors (Lipinski definition) is 2. The maximum atomic E-state index is 14.2. The Morgan fingerprint density at radius 3 is 0.925 bits per heavy atom. The SMILES string of the molecule is FC(F)(F)C(F)(F)C(F)(F)C(F)(F)c1cnc2c(ccc3cc(C(F)(F)C(F)(F)C(F)(F)C(F)(F)F)cnc32)c1. The van der Waals surface area contributed by atoms with E-state index >= 15 is 0 Å². The number of rotatable bonds is 6. The van der Waals surface area contributed by atoms with E-state index in [0.717, 1.165) is 0 Å². The fourth-order valence-electron chi connectivity index (χ4n) is 3.25. The minimum Gasteiger partial charge on any atom is -0.253 e. The van der Waals surface area contributed by atoms with E-state index in [1.165, 1.54) is 0 Å². The van der Waals surface area contributed by atoms with Crippen molar-refractivity contribution in [3.8, 4) is 0 Å². The Morgan fingerprint density at radius 1 is 0.400 bits per heavy atom. The number of aromatic nitrogens is 2. The maximum absolute atomic E-state index is 14.2. The predicted octanol–water partition coefficient (Wildman–Crippen LogP) is 8.63. The van der Waals surface area contributed by atoms with Gasteiger partial charge in [-0.15, -0.1) is 0 Å². The third-order valence-corrected chi connectivity index (χ3v) is 5.52. The molecule has 0 saturated carbocycles.